The maximum Gasteiger partial charge on any atom is 0.271 e. The Balaban J connectivity index is 2.01. The van der Waals surface area contributed by atoms with Crippen molar-refractivity contribution in [1.82, 2.24) is 15.3 Å². The lowest BCUT2D eigenvalue weighted by molar-refractivity contribution is 0.0932. The van der Waals surface area contributed by atoms with E-state index in [-0.39, 0.29) is 23.2 Å². The lowest BCUT2D eigenvalue weighted by atomic mass is 10.2. The lowest BCUT2D eigenvalue weighted by Crippen LogP contribution is -2.33. The van der Waals surface area contributed by atoms with Crippen LogP contribution in [0, 0.1) is 0 Å². The molecule has 1 aliphatic carbocycles. The van der Waals surface area contributed by atoms with Crippen LogP contribution in [0.5, 0.6) is 0 Å². The third kappa shape index (κ3) is 2.43. The summed E-state index contributed by atoms with van der Waals surface area (Å²) in [5.41, 5.74) is -0.0334. The van der Waals surface area contributed by atoms with Crippen LogP contribution in [0.4, 0.5) is 0 Å². The van der Waals surface area contributed by atoms with Crippen LogP contribution in [0.15, 0.2) is 17.2 Å². The van der Waals surface area contributed by atoms with Gasteiger partial charge >= 0.3 is 0 Å². The van der Waals surface area contributed by atoms with E-state index < -0.39 is 0 Å². The Hall–Kier alpha value is -1.65. The Morgan fingerprint density at radius 3 is 2.80 bits per heavy atom. The maximum atomic E-state index is 11.6. The van der Waals surface area contributed by atoms with Gasteiger partial charge in [0.1, 0.15) is 5.69 Å². The summed E-state index contributed by atoms with van der Waals surface area (Å²) >= 11 is 0. The predicted octanol–water partition coefficient (Wildman–Crippen LogP) is 0.442. The highest BCUT2D eigenvalue weighted by Gasteiger charge is 2.18. The van der Waals surface area contributed by atoms with E-state index in [2.05, 4.69) is 15.3 Å². The monoisotopic (exact) mass is 207 g/mol. The fraction of sp³-hybridized carbons (Fsp3) is 0.500. The van der Waals surface area contributed by atoms with Gasteiger partial charge < -0.3 is 10.3 Å². The number of carbonyl (C=O) groups excluding carboxylic acids is 1. The highest BCUT2D eigenvalue weighted by Crippen LogP contribution is 2.17. The zero-order valence-corrected chi connectivity index (χ0v) is 8.32. The van der Waals surface area contributed by atoms with Crippen LogP contribution in [0.1, 0.15) is 36.2 Å². The topological polar surface area (TPSA) is 74.8 Å². The van der Waals surface area contributed by atoms with Gasteiger partial charge in [0.05, 0.1) is 6.20 Å². The molecule has 80 valence electrons. The molecule has 1 saturated carbocycles. The van der Waals surface area contributed by atoms with E-state index in [1.807, 2.05) is 0 Å². The lowest BCUT2D eigenvalue weighted by Gasteiger charge is -2.10. The maximum absolute atomic E-state index is 11.6. The first kappa shape index (κ1) is 9.89. The van der Waals surface area contributed by atoms with E-state index in [1.54, 1.807) is 0 Å². The zero-order chi connectivity index (χ0) is 10.7. The average molecular weight is 207 g/mol. The fourth-order valence-electron chi connectivity index (χ4n) is 1.80. The molecule has 2 N–H and O–H groups in total. The molecule has 1 aromatic rings. The zero-order valence-electron chi connectivity index (χ0n) is 8.32. The number of amides is 1. The van der Waals surface area contributed by atoms with Crippen molar-refractivity contribution < 1.29 is 4.79 Å². The molecular formula is C10H13N3O2. The Labute approximate surface area is 86.9 Å². The standard InChI is InChI=1S/C10H13N3O2/c14-9-6-11-8(5-12-9)10(15)13-7-3-1-2-4-7/h5-7H,1-4H2,(H,12,14)(H,13,15). The first-order valence-corrected chi connectivity index (χ1v) is 5.11. The van der Waals surface area contributed by atoms with Gasteiger partial charge in [-0.3, -0.25) is 9.59 Å². The molecule has 0 aromatic carbocycles. The molecule has 0 unspecified atom stereocenters. The number of aromatic nitrogens is 2. The number of rotatable bonds is 2. The second-order valence-corrected chi connectivity index (χ2v) is 3.75. The second kappa shape index (κ2) is 4.25. The van der Waals surface area contributed by atoms with Crippen molar-refractivity contribution in [2.45, 2.75) is 31.7 Å². The highest BCUT2D eigenvalue weighted by atomic mass is 16.2. The smallest absolute Gasteiger partial charge is 0.271 e. The summed E-state index contributed by atoms with van der Waals surface area (Å²) in [6, 6.07) is 0.270. The van der Waals surface area contributed by atoms with Gasteiger partial charge in [0.25, 0.3) is 11.5 Å². The third-order valence-electron chi connectivity index (χ3n) is 2.60. The Morgan fingerprint density at radius 2 is 2.20 bits per heavy atom. The van der Waals surface area contributed by atoms with E-state index in [0.717, 1.165) is 19.0 Å². The number of hydrogen-bond donors (Lipinski definition) is 2. The number of H-pyrrole nitrogens is 1. The molecule has 15 heavy (non-hydrogen) atoms. The van der Waals surface area contributed by atoms with Crippen molar-refractivity contribution >= 4 is 5.91 Å². The number of hydrogen-bond acceptors (Lipinski definition) is 3. The first-order chi connectivity index (χ1) is 7.25. The molecule has 0 bridgehead atoms. The summed E-state index contributed by atoms with van der Waals surface area (Å²) in [6.45, 7) is 0. The van der Waals surface area contributed by atoms with Crippen molar-refractivity contribution in [3.8, 4) is 0 Å². The Morgan fingerprint density at radius 1 is 1.47 bits per heavy atom. The van der Waals surface area contributed by atoms with Crippen LogP contribution in [-0.4, -0.2) is 21.9 Å². The predicted molar refractivity (Wildman–Crippen MR) is 54.6 cm³/mol. The van der Waals surface area contributed by atoms with Crippen molar-refractivity contribution in [1.29, 1.82) is 0 Å². The van der Waals surface area contributed by atoms with E-state index in [4.69, 9.17) is 0 Å². The molecule has 1 aromatic heterocycles. The minimum absolute atomic E-state index is 0.210. The van der Waals surface area contributed by atoms with Gasteiger partial charge in [-0.2, -0.15) is 0 Å². The molecule has 5 heteroatoms. The van der Waals surface area contributed by atoms with Gasteiger partial charge in [-0.15, -0.1) is 0 Å². The van der Waals surface area contributed by atoms with Gasteiger partial charge in [0, 0.05) is 12.2 Å². The van der Waals surface area contributed by atoms with Crippen molar-refractivity contribution in [3.63, 3.8) is 0 Å². The fourth-order valence-corrected chi connectivity index (χ4v) is 1.80. The number of nitrogens with zero attached hydrogens (tertiary/aromatic N) is 1. The largest absolute Gasteiger partial charge is 0.348 e. The van der Waals surface area contributed by atoms with E-state index in [1.165, 1.54) is 19.0 Å². The molecule has 1 aliphatic rings. The molecule has 0 aliphatic heterocycles. The summed E-state index contributed by atoms with van der Waals surface area (Å²) in [6.07, 6.45) is 6.87. The van der Waals surface area contributed by atoms with Gasteiger partial charge in [-0.05, 0) is 12.8 Å². The molecule has 1 heterocycles. The quantitative estimate of drug-likeness (QED) is 0.739. The first-order valence-electron chi connectivity index (χ1n) is 5.11. The van der Waals surface area contributed by atoms with E-state index in [9.17, 15) is 9.59 Å². The van der Waals surface area contributed by atoms with Crippen LogP contribution in [-0.2, 0) is 0 Å². The summed E-state index contributed by atoms with van der Waals surface area (Å²) in [5, 5.41) is 2.89. The van der Waals surface area contributed by atoms with Crippen molar-refractivity contribution in [3.05, 3.63) is 28.4 Å². The summed E-state index contributed by atoms with van der Waals surface area (Å²) < 4.78 is 0. The number of aromatic amines is 1. The number of carbonyl (C=O) groups is 1. The summed E-state index contributed by atoms with van der Waals surface area (Å²) in [5.74, 6) is -0.210. The molecule has 0 spiro atoms. The summed E-state index contributed by atoms with van der Waals surface area (Å²) in [7, 11) is 0. The van der Waals surface area contributed by atoms with Crippen molar-refractivity contribution in [2.24, 2.45) is 0 Å². The van der Waals surface area contributed by atoms with Crippen LogP contribution in [0.2, 0.25) is 0 Å². The SMILES string of the molecule is O=C(NC1CCCC1)c1c[nH]c(=O)cn1. The van der Waals surface area contributed by atoms with Gasteiger partial charge in [-0.1, -0.05) is 12.8 Å². The van der Waals surface area contributed by atoms with Gasteiger partial charge in [-0.25, -0.2) is 4.98 Å². The molecule has 0 radical (unpaired) electrons. The van der Waals surface area contributed by atoms with Crippen LogP contribution in [0.3, 0.4) is 0 Å². The normalized spacial score (nSPS) is 16.5. The summed E-state index contributed by atoms with van der Waals surface area (Å²) in [4.78, 5) is 28.5. The highest BCUT2D eigenvalue weighted by molar-refractivity contribution is 5.92. The van der Waals surface area contributed by atoms with Crippen LogP contribution >= 0.6 is 0 Å². The molecule has 0 saturated heterocycles. The van der Waals surface area contributed by atoms with Crippen LogP contribution < -0.4 is 10.9 Å². The van der Waals surface area contributed by atoms with E-state index in [0.29, 0.717) is 0 Å². The molecule has 1 amide bonds. The van der Waals surface area contributed by atoms with Crippen molar-refractivity contribution in [2.75, 3.05) is 0 Å². The number of nitrogens with one attached hydrogen (secondary N) is 2. The molecular weight excluding hydrogens is 194 g/mol. The van der Waals surface area contributed by atoms with Gasteiger partial charge in [0.15, 0.2) is 0 Å². The average Bonchev–Trinajstić information content (AvgIpc) is 2.71. The molecule has 2 rings (SSSR count). The third-order valence-corrected chi connectivity index (χ3v) is 2.60. The molecule has 5 nitrogen and oxygen atoms in total. The van der Waals surface area contributed by atoms with Gasteiger partial charge in [0.2, 0.25) is 0 Å². The second-order valence-electron chi connectivity index (χ2n) is 3.75. The minimum atomic E-state index is -0.299. The molecule has 0 atom stereocenters. The Bertz CT molecular complexity index is 387. The Kier molecular flexibility index (Phi) is 2.80. The van der Waals surface area contributed by atoms with Crippen LogP contribution in [0.25, 0.3) is 0 Å². The minimum Gasteiger partial charge on any atom is -0.348 e. The van der Waals surface area contributed by atoms with E-state index >= 15 is 0 Å². The molecule has 1 fully saturated rings.